The maximum absolute atomic E-state index is 5.99. The molecule has 2 aromatic rings. The number of hydrogen-bond donors (Lipinski definition) is 1. The molecule has 1 aromatic heterocycles. The fourth-order valence-corrected chi connectivity index (χ4v) is 2.68. The highest BCUT2D eigenvalue weighted by molar-refractivity contribution is 6.42. The van der Waals surface area contributed by atoms with E-state index in [2.05, 4.69) is 10.1 Å². The van der Waals surface area contributed by atoms with E-state index in [1.54, 1.807) is 12.1 Å². The first-order valence-electron chi connectivity index (χ1n) is 6.77. The normalized spacial score (nSPS) is 21.9. The molecule has 5 nitrogen and oxygen atoms in total. The first-order valence-corrected chi connectivity index (χ1v) is 7.53. The van der Waals surface area contributed by atoms with Gasteiger partial charge in [-0.3, -0.25) is 0 Å². The summed E-state index contributed by atoms with van der Waals surface area (Å²) in [5.74, 6) is 1.11. The second-order valence-electron chi connectivity index (χ2n) is 5.03. The Kier molecular flexibility index (Phi) is 4.45. The van der Waals surface area contributed by atoms with Crippen molar-refractivity contribution in [2.24, 2.45) is 5.73 Å². The molecule has 7 heteroatoms. The molecule has 21 heavy (non-hydrogen) atoms. The van der Waals surface area contributed by atoms with Gasteiger partial charge in [0.15, 0.2) is 5.82 Å². The fraction of sp³-hybridized carbons (Fsp3) is 0.429. The zero-order chi connectivity index (χ0) is 14.8. The predicted molar refractivity (Wildman–Crippen MR) is 79.5 cm³/mol. The van der Waals surface area contributed by atoms with Crippen LogP contribution in [-0.4, -0.2) is 22.8 Å². The van der Waals surface area contributed by atoms with Crippen molar-refractivity contribution < 1.29 is 9.26 Å². The molecular formula is C14H15Cl2N3O2. The number of halogens is 2. The maximum Gasteiger partial charge on any atom is 0.255 e. The molecule has 0 saturated carbocycles. The third-order valence-corrected chi connectivity index (χ3v) is 4.21. The zero-order valence-electron chi connectivity index (χ0n) is 11.3. The van der Waals surface area contributed by atoms with Gasteiger partial charge in [-0.2, -0.15) is 4.98 Å². The minimum atomic E-state index is -0.145. The molecule has 112 valence electrons. The van der Waals surface area contributed by atoms with E-state index in [-0.39, 0.29) is 12.2 Å². The second kappa shape index (κ2) is 6.32. The maximum atomic E-state index is 5.99. The fourth-order valence-electron chi connectivity index (χ4n) is 2.36. The SMILES string of the molecule is NCC1CCC(c2nc(Cc3ccc(Cl)c(Cl)c3)no2)O1. The van der Waals surface area contributed by atoms with Crippen molar-refractivity contribution in [2.45, 2.75) is 31.5 Å². The molecule has 0 spiro atoms. The van der Waals surface area contributed by atoms with Gasteiger partial charge < -0.3 is 15.0 Å². The van der Waals surface area contributed by atoms with E-state index in [1.165, 1.54) is 0 Å². The van der Waals surface area contributed by atoms with Crippen LogP contribution in [0.1, 0.15) is 36.2 Å². The van der Waals surface area contributed by atoms with Gasteiger partial charge in [-0.15, -0.1) is 0 Å². The Morgan fingerprint density at radius 1 is 1.24 bits per heavy atom. The van der Waals surface area contributed by atoms with Gasteiger partial charge in [0, 0.05) is 13.0 Å². The van der Waals surface area contributed by atoms with Crippen molar-refractivity contribution in [3.63, 3.8) is 0 Å². The molecule has 3 rings (SSSR count). The Labute approximate surface area is 132 Å². The quantitative estimate of drug-likeness (QED) is 0.933. The van der Waals surface area contributed by atoms with Crippen LogP contribution in [0, 0.1) is 0 Å². The van der Waals surface area contributed by atoms with Gasteiger partial charge in [0.05, 0.1) is 16.1 Å². The number of nitrogens with two attached hydrogens (primary N) is 1. The molecular weight excluding hydrogens is 313 g/mol. The largest absolute Gasteiger partial charge is 0.364 e. The second-order valence-corrected chi connectivity index (χ2v) is 5.85. The molecule has 1 aliphatic heterocycles. The molecule has 2 heterocycles. The summed E-state index contributed by atoms with van der Waals surface area (Å²) in [6.45, 7) is 0.515. The number of hydrogen-bond acceptors (Lipinski definition) is 5. The Hall–Kier alpha value is -1.14. The van der Waals surface area contributed by atoms with E-state index in [4.69, 9.17) is 38.2 Å². The summed E-state index contributed by atoms with van der Waals surface area (Å²) < 4.78 is 11.0. The number of benzene rings is 1. The lowest BCUT2D eigenvalue weighted by Crippen LogP contribution is -2.18. The van der Waals surface area contributed by atoms with Crippen LogP contribution in [0.15, 0.2) is 22.7 Å². The Bertz CT molecular complexity index is 632. The van der Waals surface area contributed by atoms with Crippen molar-refractivity contribution in [2.75, 3.05) is 6.54 Å². The summed E-state index contributed by atoms with van der Waals surface area (Å²) in [7, 11) is 0. The minimum absolute atomic E-state index is 0.0837. The highest BCUT2D eigenvalue weighted by Gasteiger charge is 2.29. The van der Waals surface area contributed by atoms with Crippen LogP contribution in [-0.2, 0) is 11.2 Å². The van der Waals surface area contributed by atoms with Crippen molar-refractivity contribution in [1.29, 1.82) is 0 Å². The van der Waals surface area contributed by atoms with E-state index in [9.17, 15) is 0 Å². The van der Waals surface area contributed by atoms with Gasteiger partial charge in [-0.1, -0.05) is 34.4 Å². The molecule has 2 N–H and O–H groups in total. The number of aromatic nitrogens is 2. The van der Waals surface area contributed by atoms with Crippen molar-refractivity contribution in [3.8, 4) is 0 Å². The molecule has 0 bridgehead atoms. The van der Waals surface area contributed by atoms with Crippen LogP contribution in [0.3, 0.4) is 0 Å². The number of ether oxygens (including phenoxy) is 1. The Balaban J connectivity index is 1.69. The lowest BCUT2D eigenvalue weighted by atomic mass is 10.1. The van der Waals surface area contributed by atoms with Crippen molar-refractivity contribution >= 4 is 23.2 Å². The Morgan fingerprint density at radius 3 is 2.81 bits per heavy atom. The molecule has 0 amide bonds. The molecule has 0 radical (unpaired) electrons. The van der Waals surface area contributed by atoms with Gasteiger partial charge in [-0.25, -0.2) is 0 Å². The average molecular weight is 328 g/mol. The van der Waals surface area contributed by atoms with Crippen LogP contribution < -0.4 is 5.73 Å². The lowest BCUT2D eigenvalue weighted by molar-refractivity contribution is 0.0307. The van der Waals surface area contributed by atoms with E-state index in [1.807, 2.05) is 6.07 Å². The summed E-state index contributed by atoms with van der Waals surface area (Å²) >= 11 is 11.9. The summed E-state index contributed by atoms with van der Waals surface area (Å²) in [5, 5.41) is 5.03. The topological polar surface area (TPSA) is 74.2 Å². The molecule has 1 saturated heterocycles. The molecule has 1 aliphatic rings. The van der Waals surface area contributed by atoms with E-state index >= 15 is 0 Å². The Morgan fingerprint density at radius 2 is 2.10 bits per heavy atom. The van der Waals surface area contributed by atoms with E-state index in [0.29, 0.717) is 34.7 Å². The monoisotopic (exact) mass is 327 g/mol. The first kappa shape index (κ1) is 14.8. The first-order chi connectivity index (χ1) is 10.2. The third-order valence-electron chi connectivity index (χ3n) is 3.48. The zero-order valence-corrected chi connectivity index (χ0v) is 12.8. The van der Waals surface area contributed by atoms with E-state index < -0.39 is 0 Å². The van der Waals surface area contributed by atoms with Gasteiger partial charge >= 0.3 is 0 Å². The number of nitrogens with zero attached hydrogens (tertiary/aromatic N) is 2. The van der Waals surface area contributed by atoms with Crippen LogP contribution in [0.25, 0.3) is 0 Å². The summed E-state index contributed by atoms with van der Waals surface area (Å²) in [6.07, 6.45) is 2.25. The predicted octanol–water partition coefficient (Wildman–Crippen LogP) is 3.15. The van der Waals surface area contributed by atoms with Gasteiger partial charge in [-0.05, 0) is 30.5 Å². The van der Waals surface area contributed by atoms with Crippen LogP contribution >= 0.6 is 23.2 Å². The smallest absolute Gasteiger partial charge is 0.255 e. The highest BCUT2D eigenvalue weighted by atomic mass is 35.5. The molecule has 2 atom stereocenters. The van der Waals surface area contributed by atoms with Gasteiger partial charge in [0.25, 0.3) is 5.89 Å². The van der Waals surface area contributed by atoms with Crippen LogP contribution in [0.2, 0.25) is 10.0 Å². The summed E-state index contributed by atoms with van der Waals surface area (Å²) in [5.41, 5.74) is 6.57. The lowest BCUT2D eigenvalue weighted by Gasteiger charge is -2.07. The standard InChI is InChI=1S/C14H15Cl2N3O2/c15-10-3-1-8(5-11(10)16)6-13-18-14(21-19-13)12-4-2-9(7-17)20-12/h1,3,5,9,12H,2,4,6-7,17H2. The van der Waals surface area contributed by atoms with Gasteiger partial charge in [0.2, 0.25) is 0 Å². The minimum Gasteiger partial charge on any atom is -0.364 e. The molecule has 0 aliphatic carbocycles. The average Bonchev–Trinajstić information content (AvgIpc) is 3.11. The van der Waals surface area contributed by atoms with Gasteiger partial charge in [0.1, 0.15) is 6.10 Å². The highest BCUT2D eigenvalue weighted by Crippen LogP contribution is 2.31. The van der Waals surface area contributed by atoms with Crippen molar-refractivity contribution in [3.05, 3.63) is 45.5 Å². The molecule has 1 fully saturated rings. The van der Waals surface area contributed by atoms with Crippen molar-refractivity contribution in [1.82, 2.24) is 10.1 Å². The summed E-state index contributed by atoms with van der Waals surface area (Å²) in [4.78, 5) is 4.39. The number of rotatable bonds is 4. The van der Waals surface area contributed by atoms with E-state index in [0.717, 1.165) is 18.4 Å². The third kappa shape index (κ3) is 3.37. The molecule has 2 unspecified atom stereocenters. The van der Waals surface area contributed by atoms with Crippen LogP contribution in [0.5, 0.6) is 0 Å². The van der Waals surface area contributed by atoms with Crippen LogP contribution in [0.4, 0.5) is 0 Å². The molecule has 1 aromatic carbocycles. The summed E-state index contributed by atoms with van der Waals surface area (Å²) in [6, 6.07) is 5.45.